The molecule has 1 nitrogen and oxygen atoms in total. The van der Waals surface area contributed by atoms with Gasteiger partial charge in [-0.15, -0.1) is 11.6 Å². The normalized spacial score (nSPS) is 14.1. The molecule has 0 aromatic carbocycles. The van der Waals surface area contributed by atoms with Crippen LogP contribution in [-0.2, 0) is 0 Å². The Labute approximate surface area is 108 Å². The van der Waals surface area contributed by atoms with E-state index in [2.05, 4.69) is 39.5 Å². The molecular formula is C14H30ClN. The van der Waals surface area contributed by atoms with Crippen LogP contribution in [0.1, 0.15) is 47.5 Å². The monoisotopic (exact) mass is 247 g/mol. The molecule has 16 heavy (non-hydrogen) atoms. The van der Waals surface area contributed by atoms with Gasteiger partial charge in [-0.05, 0) is 37.1 Å². The van der Waals surface area contributed by atoms with Crippen LogP contribution in [0.4, 0.5) is 0 Å². The highest BCUT2D eigenvalue weighted by Crippen LogP contribution is 2.11. The van der Waals surface area contributed by atoms with E-state index in [9.17, 15) is 0 Å². The van der Waals surface area contributed by atoms with Crippen molar-refractivity contribution in [2.75, 3.05) is 25.5 Å². The minimum Gasteiger partial charge on any atom is -0.303 e. The number of rotatable bonds is 9. The second-order valence-electron chi connectivity index (χ2n) is 5.92. The molecule has 1 unspecified atom stereocenters. The van der Waals surface area contributed by atoms with Crippen molar-refractivity contribution in [2.45, 2.75) is 47.5 Å². The number of halogens is 1. The summed E-state index contributed by atoms with van der Waals surface area (Å²) in [5.41, 5.74) is 0. The van der Waals surface area contributed by atoms with E-state index in [1.165, 1.54) is 26.1 Å². The zero-order valence-corrected chi connectivity index (χ0v) is 12.6. The van der Waals surface area contributed by atoms with Crippen molar-refractivity contribution >= 4 is 11.6 Å². The van der Waals surface area contributed by atoms with Gasteiger partial charge in [0.1, 0.15) is 0 Å². The number of nitrogens with zero attached hydrogens (tertiary/aromatic N) is 1. The summed E-state index contributed by atoms with van der Waals surface area (Å²) in [6.45, 7) is 15.2. The number of hydrogen-bond acceptors (Lipinski definition) is 1. The molecule has 0 heterocycles. The summed E-state index contributed by atoms with van der Waals surface area (Å²) in [6, 6.07) is 0. The minimum absolute atomic E-state index is 0.763. The predicted octanol–water partition coefficient (Wildman–Crippen LogP) is 4.26. The molecule has 0 N–H and O–H groups in total. The van der Waals surface area contributed by atoms with Crippen molar-refractivity contribution in [3.63, 3.8) is 0 Å². The Morgan fingerprint density at radius 2 is 1.38 bits per heavy atom. The number of alkyl halides is 1. The van der Waals surface area contributed by atoms with Crippen molar-refractivity contribution in [3.05, 3.63) is 0 Å². The highest BCUT2D eigenvalue weighted by Gasteiger charge is 2.11. The van der Waals surface area contributed by atoms with Gasteiger partial charge >= 0.3 is 0 Å². The molecule has 0 spiro atoms. The SMILES string of the molecule is CC(C)CN(CCC(C)CCCl)CC(C)C. The lowest BCUT2D eigenvalue weighted by Gasteiger charge is -2.27. The molecule has 0 aliphatic carbocycles. The molecular weight excluding hydrogens is 218 g/mol. The molecule has 2 heteroatoms. The third-order valence-corrected chi connectivity index (χ3v) is 3.00. The molecule has 98 valence electrons. The lowest BCUT2D eigenvalue weighted by Crippen LogP contribution is -2.33. The smallest absolute Gasteiger partial charge is 0.0225 e. The maximum Gasteiger partial charge on any atom is 0.0225 e. The number of hydrogen-bond donors (Lipinski definition) is 0. The van der Waals surface area contributed by atoms with Gasteiger partial charge in [0.25, 0.3) is 0 Å². The second-order valence-corrected chi connectivity index (χ2v) is 6.30. The van der Waals surface area contributed by atoms with E-state index >= 15 is 0 Å². The lowest BCUT2D eigenvalue weighted by atomic mass is 10.0. The van der Waals surface area contributed by atoms with E-state index in [4.69, 9.17) is 11.6 Å². The molecule has 0 amide bonds. The summed E-state index contributed by atoms with van der Waals surface area (Å²) in [5.74, 6) is 3.10. The Hall–Kier alpha value is 0.250. The van der Waals surface area contributed by atoms with Gasteiger partial charge in [-0.3, -0.25) is 0 Å². The molecule has 0 aromatic heterocycles. The first-order valence-electron chi connectivity index (χ1n) is 6.74. The Bertz CT molecular complexity index is 147. The minimum atomic E-state index is 0.763. The Morgan fingerprint density at radius 3 is 1.75 bits per heavy atom. The Morgan fingerprint density at radius 1 is 0.875 bits per heavy atom. The average Bonchev–Trinajstić information content (AvgIpc) is 2.13. The van der Waals surface area contributed by atoms with Gasteiger partial charge in [-0.25, -0.2) is 0 Å². The fraction of sp³-hybridized carbons (Fsp3) is 1.00. The van der Waals surface area contributed by atoms with Gasteiger partial charge in [-0.2, -0.15) is 0 Å². The van der Waals surface area contributed by atoms with Crippen LogP contribution in [0.2, 0.25) is 0 Å². The van der Waals surface area contributed by atoms with Crippen LogP contribution in [0.3, 0.4) is 0 Å². The maximum absolute atomic E-state index is 5.77. The summed E-state index contributed by atoms with van der Waals surface area (Å²) < 4.78 is 0. The topological polar surface area (TPSA) is 3.24 Å². The van der Waals surface area contributed by atoms with E-state index in [1.54, 1.807) is 0 Å². The van der Waals surface area contributed by atoms with Crippen molar-refractivity contribution in [1.29, 1.82) is 0 Å². The van der Waals surface area contributed by atoms with Gasteiger partial charge in [0, 0.05) is 19.0 Å². The second kappa shape index (κ2) is 9.30. The molecule has 0 fully saturated rings. The Kier molecular flexibility index (Phi) is 9.44. The molecule has 0 saturated heterocycles. The molecule has 0 saturated carbocycles. The van der Waals surface area contributed by atoms with Crippen LogP contribution in [-0.4, -0.2) is 30.4 Å². The standard InChI is InChI=1S/C14H30ClN/c1-12(2)10-16(11-13(3)4)9-7-14(5)6-8-15/h12-14H,6-11H2,1-5H3. The first-order valence-corrected chi connectivity index (χ1v) is 7.27. The third kappa shape index (κ3) is 9.47. The molecule has 0 aromatic rings. The fourth-order valence-electron chi connectivity index (χ4n) is 2.02. The quantitative estimate of drug-likeness (QED) is 0.551. The van der Waals surface area contributed by atoms with Crippen LogP contribution in [0, 0.1) is 17.8 Å². The van der Waals surface area contributed by atoms with Crippen molar-refractivity contribution in [2.24, 2.45) is 17.8 Å². The fourth-order valence-corrected chi connectivity index (χ4v) is 2.40. The predicted molar refractivity (Wildman–Crippen MR) is 75.2 cm³/mol. The highest BCUT2D eigenvalue weighted by molar-refractivity contribution is 6.17. The maximum atomic E-state index is 5.77. The van der Waals surface area contributed by atoms with Gasteiger partial charge in [-0.1, -0.05) is 34.6 Å². The molecule has 1 atom stereocenters. The molecule has 0 rings (SSSR count). The van der Waals surface area contributed by atoms with Crippen LogP contribution < -0.4 is 0 Å². The van der Waals surface area contributed by atoms with Crippen molar-refractivity contribution < 1.29 is 0 Å². The first kappa shape index (κ1) is 16.2. The van der Waals surface area contributed by atoms with Gasteiger partial charge in [0.2, 0.25) is 0 Å². The van der Waals surface area contributed by atoms with E-state index in [-0.39, 0.29) is 0 Å². The van der Waals surface area contributed by atoms with Gasteiger partial charge in [0.05, 0.1) is 0 Å². The molecule has 0 aliphatic heterocycles. The lowest BCUT2D eigenvalue weighted by molar-refractivity contribution is 0.206. The largest absolute Gasteiger partial charge is 0.303 e. The first-order chi connectivity index (χ1) is 7.45. The molecule has 0 bridgehead atoms. The zero-order valence-electron chi connectivity index (χ0n) is 11.8. The summed E-state index contributed by atoms with van der Waals surface area (Å²) in [4.78, 5) is 2.61. The van der Waals surface area contributed by atoms with Gasteiger partial charge < -0.3 is 4.90 Å². The summed E-state index contributed by atoms with van der Waals surface area (Å²) in [6.07, 6.45) is 2.44. The van der Waals surface area contributed by atoms with Crippen LogP contribution in [0.5, 0.6) is 0 Å². The van der Waals surface area contributed by atoms with E-state index < -0.39 is 0 Å². The molecule has 0 aliphatic rings. The van der Waals surface area contributed by atoms with Crippen molar-refractivity contribution in [1.82, 2.24) is 4.90 Å². The van der Waals surface area contributed by atoms with E-state index in [0.29, 0.717) is 0 Å². The van der Waals surface area contributed by atoms with Gasteiger partial charge in [0.15, 0.2) is 0 Å². The van der Waals surface area contributed by atoms with Crippen LogP contribution in [0.25, 0.3) is 0 Å². The summed E-state index contributed by atoms with van der Waals surface area (Å²) in [7, 11) is 0. The van der Waals surface area contributed by atoms with Crippen LogP contribution >= 0.6 is 11.6 Å². The summed E-state index contributed by atoms with van der Waals surface area (Å²) in [5, 5.41) is 0. The van der Waals surface area contributed by atoms with E-state index in [0.717, 1.165) is 30.1 Å². The highest BCUT2D eigenvalue weighted by atomic mass is 35.5. The molecule has 0 radical (unpaired) electrons. The zero-order chi connectivity index (χ0) is 12.6. The van der Waals surface area contributed by atoms with Crippen molar-refractivity contribution in [3.8, 4) is 0 Å². The summed E-state index contributed by atoms with van der Waals surface area (Å²) >= 11 is 5.77. The van der Waals surface area contributed by atoms with E-state index in [1.807, 2.05) is 0 Å². The third-order valence-electron chi connectivity index (χ3n) is 2.79. The Balaban J connectivity index is 3.90. The average molecular weight is 248 g/mol. The van der Waals surface area contributed by atoms with Crippen LogP contribution in [0.15, 0.2) is 0 Å².